The van der Waals surface area contributed by atoms with Gasteiger partial charge in [-0.2, -0.15) is 5.10 Å². The predicted molar refractivity (Wildman–Crippen MR) is 138 cm³/mol. The van der Waals surface area contributed by atoms with Gasteiger partial charge in [-0.15, -0.1) is 0 Å². The summed E-state index contributed by atoms with van der Waals surface area (Å²) in [4.78, 5) is 0. The van der Waals surface area contributed by atoms with E-state index in [0.29, 0.717) is 0 Å². The summed E-state index contributed by atoms with van der Waals surface area (Å²) >= 11 is 13.5. The van der Waals surface area contributed by atoms with Crippen LogP contribution in [0, 0.1) is 0 Å². The first-order valence-electron chi connectivity index (χ1n) is 10.6. The van der Waals surface area contributed by atoms with Crippen molar-refractivity contribution in [3.8, 4) is 5.75 Å². The maximum absolute atomic E-state index is 6.58. The zero-order valence-electron chi connectivity index (χ0n) is 18.1. The van der Waals surface area contributed by atoms with E-state index in [9.17, 15) is 0 Å². The van der Waals surface area contributed by atoms with Gasteiger partial charge in [-0.05, 0) is 56.7 Å². The Balaban J connectivity index is 1.59. The number of ether oxygens (including phenoxy) is 1. The molecular weight excluding hydrogens is 552 g/mol. The highest BCUT2D eigenvalue weighted by molar-refractivity contribution is 9.11. The fraction of sp³-hybridized carbons (Fsp3) is 0.269. The summed E-state index contributed by atoms with van der Waals surface area (Å²) in [7, 11) is 0. The summed E-state index contributed by atoms with van der Waals surface area (Å²) in [5, 5.41) is 7.88. The van der Waals surface area contributed by atoms with Crippen LogP contribution in [0.3, 0.4) is 0 Å². The van der Waals surface area contributed by atoms with Crippen LogP contribution in [0.25, 0.3) is 0 Å². The van der Waals surface area contributed by atoms with Gasteiger partial charge in [-0.25, -0.2) is 5.01 Å². The molecule has 3 aromatic carbocycles. The van der Waals surface area contributed by atoms with E-state index in [1.54, 1.807) is 0 Å². The van der Waals surface area contributed by atoms with E-state index in [0.717, 1.165) is 48.5 Å². The van der Waals surface area contributed by atoms with Crippen molar-refractivity contribution >= 4 is 49.2 Å². The molecule has 0 unspecified atom stereocenters. The Hall–Kier alpha value is -1.82. The lowest BCUT2D eigenvalue weighted by Gasteiger charge is -2.39. The van der Waals surface area contributed by atoms with Crippen LogP contribution >= 0.6 is 43.5 Å². The number of hydrogen-bond acceptors (Lipinski definition) is 3. The van der Waals surface area contributed by atoms with Crippen LogP contribution in [0.15, 0.2) is 74.7 Å². The van der Waals surface area contributed by atoms with Crippen molar-refractivity contribution in [3.63, 3.8) is 0 Å². The molecule has 0 aromatic heterocycles. The molecule has 3 nitrogen and oxygen atoms in total. The SMILES string of the molecule is CC(C)(C)c1ccc([C@H]2Oc3c(Br)cc(Br)cc3[C@@H]3CC(c4ccc(Cl)cc4)=NN23)cc1. The van der Waals surface area contributed by atoms with E-state index in [4.69, 9.17) is 21.4 Å². The second-order valence-corrected chi connectivity index (χ2v) is 11.5. The number of rotatable bonds is 2. The van der Waals surface area contributed by atoms with Crippen molar-refractivity contribution in [1.82, 2.24) is 5.01 Å². The lowest BCUT2D eigenvalue weighted by atomic mass is 9.86. The second-order valence-electron chi connectivity index (χ2n) is 9.30. The third-order valence-electron chi connectivity index (χ3n) is 6.05. The molecule has 5 rings (SSSR count). The fourth-order valence-electron chi connectivity index (χ4n) is 4.30. The number of hydrogen-bond donors (Lipinski definition) is 0. The molecule has 0 saturated carbocycles. The van der Waals surface area contributed by atoms with Crippen molar-refractivity contribution in [2.24, 2.45) is 5.10 Å². The van der Waals surface area contributed by atoms with E-state index in [1.807, 2.05) is 30.3 Å². The van der Waals surface area contributed by atoms with Crippen LogP contribution in [0.4, 0.5) is 0 Å². The second kappa shape index (κ2) is 8.19. The number of halogens is 3. The Morgan fingerprint density at radius 3 is 2.34 bits per heavy atom. The Morgan fingerprint density at radius 1 is 1.00 bits per heavy atom. The number of nitrogens with zero attached hydrogens (tertiary/aromatic N) is 2. The lowest BCUT2D eigenvalue weighted by Crippen LogP contribution is -2.34. The van der Waals surface area contributed by atoms with E-state index in [1.165, 1.54) is 5.56 Å². The third-order valence-corrected chi connectivity index (χ3v) is 7.35. The van der Waals surface area contributed by atoms with Crippen molar-refractivity contribution < 1.29 is 4.74 Å². The van der Waals surface area contributed by atoms with Gasteiger partial charge in [-0.1, -0.05) is 84.7 Å². The van der Waals surface area contributed by atoms with Crippen LogP contribution in [0.2, 0.25) is 5.02 Å². The van der Waals surface area contributed by atoms with Gasteiger partial charge in [0.1, 0.15) is 5.75 Å². The van der Waals surface area contributed by atoms with Crippen LogP contribution in [-0.4, -0.2) is 10.7 Å². The fourth-order valence-corrected chi connectivity index (χ4v) is 5.78. The molecule has 0 amide bonds. The van der Waals surface area contributed by atoms with Crippen LogP contribution in [0.5, 0.6) is 5.75 Å². The lowest BCUT2D eigenvalue weighted by molar-refractivity contribution is -0.0197. The first-order valence-corrected chi connectivity index (χ1v) is 12.5. The van der Waals surface area contributed by atoms with E-state index >= 15 is 0 Å². The molecule has 0 radical (unpaired) electrons. The number of benzene rings is 3. The van der Waals surface area contributed by atoms with E-state index < -0.39 is 0 Å². The largest absolute Gasteiger partial charge is 0.463 e. The minimum atomic E-state index is -0.302. The molecule has 6 heteroatoms. The summed E-state index contributed by atoms with van der Waals surface area (Å²) < 4.78 is 8.53. The van der Waals surface area contributed by atoms with Gasteiger partial charge in [0, 0.05) is 27.0 Å². The minimum absolute atomic E-state index is 0.0884. The molecule has 0 saturated heterocycles. The van der Waals surface area contributed by atoms with E-state index in [2.05, 4.69) is 88.0 Å². The molecular formula is C26H23Br2ClN2O. The van der Waals surface area contributed by atoms with Gasteiger partial charge in [0.15, 0.2) is 0 Å². The van der Waals surface area contributed by atoms with Gasteiger partial charge >= 0.3 is 0 Å². The van der Waals surface area contributed by atoms with Crippen LogP contribution < -0.4 is 4.74 Å². The van der Waals surface area contributed by atoms with Gasteiger partial charge in [-0.3, -0.25) is 0 Å². The summed E-state index contributed by atoms with van der Waals surface area (Å²) in [5.41, 5.74) is 5.73. The summed E-state index contributed by atoms with van der Waals surface area (Å²) in [6.45, 7) is 6.68. The quantitative estimate of drug-likeness (QED) is 0.307. The zero-order chi connectivity index (χ0) is 22.6. The Kier molecular flexibility index (Phi) is 5.63. The van der Waals surface area contributed by atoms with Crippen molar-refractivity contribution in [1.29, 1.82) is 0 Å². The molecule has 2 heterocycles. The standard InChI is InChI=1S/C26H23Br2ClN2O/c1-26(2,3)17-8-4-16(5-9-17)25-31-23(20-12-18(27)13-21(28)24(20)32-25)14-22(30-31)15-6-10-19(29)11-7-15/h4-13,23,25H,14H2,1-3H3/t23-,25+/m0/s1. The minimum Gasteiger partial charge on any atom is -0.463 e. The maximum Gasteiger partial charge on any atom is 0.213 e. The normalized spacial score (nSPS) is 19.8. The molecule has 32 heavy (non-hydrogen) atoms. The molecule has 0 spiro atoms. The molecule has 2 aliphatic rings. The van der Waals surface area contributed by atoms with Crippen molar-refractivity contribution in [2.45, 2.75) is 44.9 Å². The highest BCUT2D eigenvalue weighted by Gasteiger charge is 2.42. The average Bonchev–Trinajstić information content (AvgIpc) is 3.19. The van der Waals surface area contributed by atoms with Gasteiger partial charge in [0.25, 0.3) is 0 Å². The molecule has 2 aliphatic heterocycles. The van der Waals surface area contributed by atoms with Crippen LogP contribution in [-0.2, 0) is 5.41 Å². The molecule has 0 bridgehead atoms. The maximum atomic E-state index is 6.58. The van der Waals surface area contributed by atoms with Gasteiger partial charge in [0.2, 0.25) is 6.23 Å². The highest BCUT2D eigenvalue weighted by Crippen LogP contribution is 2.51. The topological polar surface area (TPSA) is 24.8 Å². The Morgan fingerprint density at radius 2 is 1.69 bits per heavy atom. The highest BCUT2D eigenvalue weighted by atomic mass is 79.9. The molecule has 0 N–H and O–H groups in total. The average molecular weight is 575 g/mol. The zero-order valence-corrected chi connectivity index (χ0v) is 22.0. The molecule has 0 aliphatic carbocycles. The van der Waals surface area contributed by atoms with Gasteiger partial charge in [0.05, 0.1) is 16.2 Å². The van der Waals surface area contributed by atoms with Crippen molar-refractivity contribution in [3.05, 3.63) is 96.9 Å². The molecule has 2 atom stereocenters. The van der Waals surface area contributed by atoms with Crippen molar-refractivity contribution in [2.75, 3.05) is 0 Å². The summed E-state index contributed by atoms with van der Waals surface area (Å²) in [5.74, 6) is 0.881. The summed E-state index contributed by atoms with van der Waals surface area (Å²) in [6.07, 6.45) is 0.501. The Bertz CT molecular complexity index is 1200. The van der Waals surface area contributed by atoms with E-state index in [-0.39, 0.29) is 17.7 Å². The molecule has 164 valence electrons. The first kappa shape index (κ1) is 22.0. The molecule has 3 aromatic rings. The Labute approximate surface area is 210 Å². The summed E-state index contributed by atoms with van der Waals surface area (Å²) in [6, 6.07) is 20.9. The molecule has 0 fully saturated rings. The predicted octanol–water partition coefficient (Wildman–Crippen LogP) is 8.40. The smallest absolute Gasteiger partial charge is 0.213 e. The van der Waals surface area contributed by atoms with Crippen LogP contribution in [0.1, 0.15) is 61.7 Å². The monoisotopic (exact) mass is 572 g/mol. The third kappa shape index (κ3) is 4.00. The van der Waals surface area contributed by atoms with Gasteiger partial charge < -0.3 is 4.74 Å². The number of hydrazone groups is 1. The first-order chi connectivity index (χ1) is 15.2. The number of fused-ring (bicyclic) bond motifs is 3.